The molecule has 0 radical (unpaired) electrons. The van der Waals surface area contributed by atoms with Crippen LogP contribution in [0, 0.1) is 11.7 Å². The average molecular weight is 334 g/mol. The second-order valence-corrected chi connectivity index (χ2v) is 6.62. The number of nitrogens with zero attached hydrogens (tertiary/aromatic N) is 1. The molecule has 0 aliphatic carbocycles. The Morgan fingerprint density at radius 2 is 2.21 bits per heavy atom. The highest BCUT2D eigenvalue weighted by Crippen LogP contribution is 2.22. The largest absolute Gasteiger partial charge is 0.448 e. The van der Waals surface area contributed by atoms with Crippen molar-refractivity contribution in [2.45, 2.75) is 25.9 Å². The van der Waals surface area contributed by atoms with Gasteiger partial charge in [-0.3, -0.25) is 4.79 Å². The highest BCUT2D eigenvalue weighted by Gasteiger charge is 2.20. The Hall–Kier alpha value is -1.92. The Labute approximate surface area is 140 Å². The monoisotopic (exact) mass is 334 g/mol. The number of fused-ring (bicyclic) bond motifs is 1. The van der Waals surface area contributed by atoms with E-state index in [1.54, 1.807) is 12.1 Å². The van der Waals surface area contributed by atoms with Gasteiger partial charge in [-0.15, -0.1) is 0 Å². The van der Waals surface area contributed by atoms with Crippen LogP contribution in [0.3, 0.4) is 0 Å². The summed E-state index contributed by atoms with van der Waals surface area (Å²) in [6.07, 6.45) is 1.65. The maximum atomic E-state index is 13.6. The van der Waals surface area contributed by atoms with Gasteiger partial charge in [0.1, 0.15) is 0 Å². The van der Waals surface area contributed by atoms with E-state index in [0.29, 0.717) is 11.9 Å². The molecule has 2 heterocycles. The molecule has 130 valence electrons. The lowest BCUT2D eigenvalue weighted by molar-refractivity contribution is 0.0780. The molecule has 24 heavy (non-hydrogen) atoms. The third-order valence-electron chi connectivity index (χ3n) is 4.56. The minimum atomic E-state index is -0.636. The van der Waals surface area contributed by atoms with Gasteiger partial charge in [0.2, 0.25) is 0 Å². The van der Waals surface area contributed by atoms with Gasteiger partial charge in [0.25, 0.3) is 5.91 Å². The van der Waals surface area contributed by atoms with Gasteiger partial charge in [-0.25, -0.2) is 4.39 Å². The first-order valence-electron chi connectivity index (χ1n) is 8.39. The van der Waals surface area contributed by atoms with Crippen LogP contribution >= 0.6 is 0 Å². The fraction of sp³-hybridized carbons (Fsp3) is 0.500. The standard InChI is InChI=1S/C18H23FN2O3/c1-12-5-7-21(8-6-12)11-14(22)10-20-18(23)16-9-13-3-2-4-15(19)17(13)24-16/h2-4,9,12,14,22H,5-8,10-11H2,1H3,(H,20,23). The van der Waals surface area contributed by atoms with E-state index < -0.39 is 17.8 Å². The Kier molecular flexibility index (Phi) is 5.16. The lowest BCUT2D eigenvalue weighted by Crippen LogP contribution is -2.43. The lowest BCUT2D eigenvalue weighted by atomic mass is 9.99. The summed E-state index contributed by atoms with van der Waals surface area (Å²) in [4.78, 5) is 14.3. The number of halogens is 1. The molecule has 0 bridgehead atoms. The van der Waals surface area contributed by atoms with Crippen molar-refractivity contribution in [3.05, 3.63) is 35.8 Å². The summed E-state index contributed by atoms with van der Waals surface area (Å²) < 4.78 is 18.9. The molecule has 2 aromatic rings. The SMILES string of the molecule is CC1CCN(CC(O)CNC(=O)c2cc3cccc(F)c3o2)CC1. The number of β-amino-alcohol motifs (C(OH)–C–C–N with tert-alkyl or cyclic N) is 1. The molecule has 3 rings (SSSR count). The van der Waals surface area contributed by atoms with Crippen LogP contribution in [-0.4, -0.2) is 48.2 Å². The first-order valence-corrected chi connectivity index (χ1v) is 8.39. The van der Waals surface area contributed by atoms with Crippen molar-refractivity contribution in [3.8, 4) is 0 Å². The topological polar surface area (TPSA) is 65.7 Å². The molecule has 1 aromatic heterocycles. The predicted molar refractivity (Wildman–Crippen MR) is 89.4 cm³/mol. The number of carbonyl (C=O) groups is 1. The Bertz CT molecular complexity index is 707. The molecule has 1 atom stereocenters. The predicted octanol–water partition coefficient (Wildman–Crippen LogP) is 2.39. The molecule has 1 aliphatic rings. The number of rotatable bonds is 5. The Morgan fingerprint density at radius 1 is 1.46 bits per heavy atom. The van der Waals surface area contributed by atoms with Crippen molar-refractivity contribution >= 4 is 16.9 Å². The van der Waals surface area contributed by atoms with Crippen LogP contribution in [0.4, 0.5) is 4.39 Å². The van der Waals surface area contributed by atoms with E-state index in [-0.39, 0.29) is 17.9 Å². The third-order valence-corrected chi connectivity index (χ3v) is 4.56. The zero-order valence-corrected chi connectivity index (χ0v) is 13.8. The van der Waals surface area contributed by atoms with Gasteiger partial charge >= 0.3 is 0 Å². The summed E-state index contributed by atoms with van der Waals surface area (Å²) in [5.74, 6) is -0.150. The number of nitrogens with one attached hydrogen (secondary N) is 1. The number of hydrogen-bond acceptors (Lipinski definition) is 4. The van der Waals surface area contributed by atoms with Gasteiger partial charge < -0.3 is 19.7 Å². The van der Waals surface area contributed by atoms with Gasteiger partial charge in [0.05, 0.1) is 6.10 Å². The summed E-state index contributed by atoms with van der Waals surface area (Å²) in [6.45, 7) is 4.89. The fourth-order valence-electron chi connectivity index (χ4n) is 3.04. The minimum absolute atomic E-state index is 0.0501. The van der Waals surface area contributed by atoms with Crippen LogP contribution < -0.4 is 5.32 Å². The molecule has 1 saturated heterocycles. The number of furan rings is 1. The second-order valence-electron chi connectivity index (χ2n) is 6.62. The number of likely N-dealkylation sites (tertiary alicyclic amines) is 1. The molecule has 6 heteroatoms. The zero-order valence-electron chi connectivity index (χ0n) is 13.8. The number of aliphatic hydroxyl groups excluding tert-OH is 1. The van der Waals surface area contributed by atoms with E-state index in [1.165, 1.54) is 12.1 Å². The van der Waals surface area contributed by atoms with E-state index >= 15 is 0 Å². The van der Waals surface area contributed by atoms with E-state index in [1.807, 2.05) is 0 Å². The first-order chi connectivity index (χ1) is 11.5. The molecule has 1 aliphatic heterocycles. The highest BCUT2D eigenvalue weighted by molar-refractivity contribution is 5.96. The molecule has 2 N–H and O–H groups in total. The second kappa shape index (κ2) is 7.32. The fourth-order valence-corrected chi connectivity index (χ4v) is 3.04. The summed E-state index contributed by atoms with van der Waals surface area (Å²) in [6, 6.07) is 6.05. The molecule has 1 unspecified atom stereocenters. The lowest BCUT2D eigenvalue weighted by Gasteiger charge is -2.31. The van der Waals surface area contributed by atoms with E-state index in [4.69, 9.17) is 4.42 Å². The Balaban J connectivity index is 1.51. The molecular weight excluding hydrogens is 311 g/mol. The van der Waals surface area contributed by atoms with E-state index in [0.717, 1.165) is 31.8 Å². The van der Waals surface area contributed by atoms with Crippen molar-refractivity contribution in [1.29, 1.82) is 0 Å². The Morgan fingerprint density at radius 3 is 2.92 bits per heavy atom. The average Bonchev–Trinajstić information content (AvgIpc) is 3.00. The number of hydrogen-bond donors (Lipinski definition) is 2. The molecule has 0 spiro atoms. The quantitative estimate of drug-likeness (QED) is 0.881. The maximum absolute atomic E-state index is 13.6. The van der Waals surface area contributed by atoms with Gasteiger partial charge in [-0.05, 0) is 44.0 Å². The highest BCUT2D eigenvalue weighted by atomic mass is 19.1. The van der Waals surface area contributed by atoms with E-state index in [9.17, 15) is 14.3 Å². The van der Waals surface area contributed by atoms with Crippen LogP contribution in [0.2, 0.25) is 0 Å². The van der Waals surface area contributed by atoms with Gasteiger partial charge in [0, 0.05) is 18.5 Å². The minimum Gasteiger partial charge on any atom is -0.448 e. The number of benzene rings is 1. The molecule has 5 nitrogen and oxygen atoms in total. The van der Waals surface area contributed by atoms with Crippen molar-refractivity contribution in [2.24, 2.45) is 5.92 Å². The zero-order chi connectivity index (χ0) is 17.1. The van der Waals surface area contributed by atoms with E-state index in [2.05, 4.69) is 17.1 Å². The van der Waals surface area contributed by atoms with Gasteiger partial charge in [0.15, 0.2) is 17.2 Å². The first kappa shape index (κ1) is 16.9. The molecule has 1 aromatic carbocycles. The normalized spacial score (nSPS) is 18.0. The van der Waals surface area contributed by atoms with Crippen molar-refractivity contribution in [3.63, 3.8) is 0 Å². The summed E-state index contributed by atoms with van der Waals surface area (Å²) in [7, 11) is 0. The number of para-hydroxylation sites is 1. The maximum Gasteiger partial charge on any atom is 0.287 e. The van der Waals surface area contributed by atoms with Crippen LogP contribution in [0.1, 0.15) is 30.3 Å². The molecule has 1 fully saturated rings. The van der Waals surface area contributed by atoms with Crippen LogP contribution in [0.5, 0.6) is 0 Å². The number of piperidine rings is 1. The molecule has 1 amide bonds. The van der Waals surface area contributed by atoms with Crippen LogP contribution in [0.15, 0.2) is 28.7 Å². The number of carbonyl (C=O) groups excluding carboxylic acids is 1. The molecular formula is C18H23FN2O3. The van der Waals surface area contributed by atoms with Gasteiger partial charge in [-0.2, -0.15) is 0 Å². The third kappa shape index (κ3) is 3.94. The molecule has 0 saturated carbocycles. The smallest absolute Gasteiger partial charge is 0.287 e. The summed E-state index contributed by atoms with van der Waals surface area (Å²) >= 11 is 0. The summed E-state index contributed by atoms with van der Waals surface area (Å²) in [5.41, 5.74) is 0.0747. The van der Waals surface area contributed by atoms with Crippen molar-refractivity contribution in [2.75, 3.05) is 26.2 Å². The van der Waals surface area contributed by atoms with Gasteiger partial charge in [-0.1, -0.05) is 19.1 Å². The van der Waals surface area contributed by atoms with Crippen LogP contribution in [-0.2, 0) is 0 Å². The van der Waals surface area contributed by atoms with Crippen molar-refractivity contribution in [1.82, 2.24) is 10.2 Å². The van der Waals surface area contributed by atoms with Crippen molar-refractivity contribution < 1.29 is 18.7 Å². The van der Waals surface area contributed by atoms with Crippen LogP contribution in [0.25, 0.3) is 11.0 Å². The summed E-state index contributed by atoms with van der Waals surface area (Å²) in [5, 5.41) is 13.3. The number of amides is 1. The number of aliphatic hydroxyl groups is 1.